The minimum Gasteiger partial charge on any atom is -0.478 e. The summed E-state index contributed by atoms with van der Waals surface area (Å²) in [5, 5.41) is 9.16. The van der Waals surface area contributed by atoms with Gasteiger partial charge in [-0.05, 0) is 35.7 Å². The maximum atomic E-state index is 13.2. The first-order chi connectivity index (χ1) is 8.49. The van der Waals surface area contributed by atoms with Crippen molar-refractivity contribution < 1.29 is 18.7 Å². The van der Waals surface area contributed by atoms with Gasteiger partial charge in [-0.1, -0.05) is 18.2 Å². The second kappa shape index (κ2) is 4.56. The number of carboxylic acids is 1. The highest BCUT2D eigenvalue weighted by molar-refractivity contribution is 5.97. The molecule has 1 N–H and O–H groups in total. The van der Waals surface area contributed by atoms with Crippen LogP contribution >= 0.6 is 0 Å². The highest BCUT2D eigenvalue weighted by Gasteiger charge is 2.15. The number of hydrogen-bond donors (Lipinski definition) is 1. The van der Waals surface area contributed by atoms with Crippen LogP contribution in [0.1, 0.15) is 15.9 Å². The van der Waals surface area contributed by atoms with E-state index in [-0.39, 0.29) is 11.1 Å². The van der Waals surface area contributed by atoms with E-state index in [1.807, 2.05) is 0 Å². The number of aryl methyl sites for hydroxylation is 1. The molecule has 18 heavy (non-hydrogen) atoms. The van der Waals surface area contributed by atoms with Gasteiger partial charge in [0, 0.05) is 6.07 Å². The summed E-state index contributed by atoms with van der Waals surface area (Å²) < 4.78 is 26.3. The van der Waals surface area contributed by atoms with Gasteiger partial charge in [-0.3, -0.25) is 0 Å². The van der Waals surface area contributed by atoms with Gasteiger partial charge in [0.15, 0.2) is 0 Å². The topological polar surface area (TPSA) is 37.3 Å². The SMILES string of the molecule is Cc1cccc(-c2cc(F)cc(F)c2)c1C(=O)O. The van der Waals surface area contributed by atoms with E-state index in [0.29, 0.717) is 11.1 Å². The highest BCUT2D eigenvalue weighted by Crippen LogP contribution is 2.27. The molecule has 2 rings (SSSR count). The van der Waals surface area contributed by atoms with E-state index < -0.39 is 17.6 Å². The largest absolute Gasteiger partial charge is 0.478 e. The quantitative estimate of drug-likeness (QED) is 0.880. The Morgan fingerprint density at radius 3 is 2.28 bits per heavy atom. The fraction of sp³-hybridized carbons (Fsp3) is 0.0714. The molecule has 0 heterocycles. The highest BCUT2D eigenvalue weighted by atomic mass is 19.1. The molecule has 0 fully saturated rings. The summed E-state index contributed by atoms with van der Waals surface area (Å²) in [6, 6.07) is 7.81. The van der Waals surface area contributed by atoms with Gasteiger partial charge in [-0.15, -0.1) is 0 Å². The Bertz CT molecular complexity index is 601. The van der Waals surface area contributed by atoms with Crippen LogP contribution in [0.5, 0.6) is 0 Å². The first-order valence-electron chi connectivity index (χ1n) is 5.28. The van der Waals surface area contributed by atoms with Crippen molar-refractivity contribution in [3.8, 4) is 11.1 Å². The summed E-state index contributed by atoms with van der Waals surface area (Å²) in [6.45, 7) is 1.64. The summed E-state index contributed by atoms with van der Waals surface area (Å²) in [4.78, 5) is 11.2. The van der Waals surface area contributed by atoms with Gasteiger partial charge in [-0.25, -0.2) is 13.6 Å². The molecule has 92 valence electrons. The van der Waals surface area contributed by atoms with Crippen LogP contribution in [-0.2, 0) is 0 Å². The maximum absolute atomic E-state index is 13.2. The molecule has 0 aliphatic carbocycles. The lowest BCUT2D eigenvalue weighted by Crippen LogP contribution is -2.02. The minimum atomic E-state index is -1.12. The lowest BCUT2D eigenvalue weighted by molar-refractivity contribution is 0.0697. The number of carbonyl (C=O) groups is 1. The van der Waals surface area contributed by atoms with Gasteiger partial charge in [0.25, 0.3) is 0 Å². The first-order valence-corrected chi connectivity index (χ1v) is 5.28. The Morgan fingerprint density at radius 1 is 1.11 bits per heavy atom. The van der Waals surface area contributed by atoms with Crippen molar-refractivity contribution in [2.75, 3.05) is 0 Å². The number of carboxylic acid groups (broad SMARTS) is 1. The van der Waals surface area contributed by atoms with Crippen molar-refractivity contribution in [3.63, 3.8) is 0 Å². The molecule has 0 saturated heterocycles. The third kappa shape index (κ3) is 2.22. The van der Waals surface area contributed by atoms with Crippen LogP contribution in [0, 0.1) is 18.6 Å². The second-order valence-electron chi connectivity index (χ2n) is 3.96. The van der Waals surface area contributed by atoms with Crippen molar-refractivity contribution in [2.45, 2.75) is 6.92 Å². The van der Waals surface area contributed by atoms with Gasteiger partial charge < -0.3 is 5.11 Å². The molecule has 0 saturated carbocycles. The van der Waals surface area contributed by atoms with Crippen molar-refractivity contribution in [3.05, 3.63) is 59.2 Å². The van der Waals surface area contributed by atoms with Crippen LogP contribution < -0.4 is 0 Å². The summed E-state index contributed by atoms with van der Waals surface area (Å²) in [5.74, 6) is -2.58. The molecule has 2 aromatic rings. The Kier molecular flexibility index (Phi) is 3.10. The molecular weight excluding hydrogens is 238 g/mol. The summed E-state index contributed by atoms with van der Waals surface area (Å²) in [7, 11) is 0. The lowest BCUT2D eigenvalue weighted by atomic mass is 9.96. The van der Waals surface area contributed by atoms with E-state index in [1.165, 1.54) is 6.07 Å². The normalized spacial score (nSPS) is 10.4. The van der Waals surface area contributed by atoms with Crippen molar-refractivity contribution in [1.82, 2.24) is 0 Å². The number of rotatable bonds is 2. The number of halogens is 2. The summed E-state index contributed by atoms with van der Waals surface area (Å²) in [6.07, 6.45) is 0. The van der Waals surface area contributed by atoms with Crippen molar-refractivity contribution >= 4 is 5.97 Å². The zero-order valence-electron chi connectivity index (χ0n) is 9.58. The molecule has 0 radical (unpaired) electrons. The molecule has 0 unspecified atom stereocenters. The van der Waals surface area contributed by atoms with Crippen LogP contribution in [0.25, 0.3) is 11.1 Å². The third-order valence-electron chi connectivity index (χ3n) is 2.66. The molecule has 0 amide bonds. The van der Waals surface area contributed by atoms with Crippen molar-refractivity contribution in [1.29, 1.82) is 0 Å². The monoisotopic (exact) mass is 248 g/mol. The van der Waals surface area contributed by atoms with Gasteiger partial charge in [-0.2, -0.15) is 0 Å². The molecule has 0 aromatic heterocycles. The standard InChI is InChI=1S/C14H10F2O2/c1-8-3-2-4-12(13(8)14(17)18)9-5-10(15)7-11(16)6-9/h2-7H,1H3,(H,17,18). The Balaban J connectivity index is 2.71. The average Bonchev–Trinajstić information content (AvgIpc) is 2.26. The molecule has 4 heteroatoms. The lowest BCUT2D eigenvalue weighted by Gasteiger charge is -2.09. The fourth-order valence-electron chi connectivity index (χ4n) is 1.90. The zero-order chi connectivity index (χ0) is 13.3. The van der Waals surface area contributed by atoms with Gasteiger partial charge >= 0.3 is 5.97 Å². The van der Waals surface area contributed by atoms with E-state index in [0.717, 1.165) is 18.2 Å². The molecule has 0 bridgehead atoms. The van der Waals surface area contributed by atoms with E-state index in [9.17, 15) is 13.6 Å². The maximum Gasteiger partial charge on any atom is 0.336 e. The van der Waals surface area contributed by atoms with E-state index in [1.54, 1.807) is 19.1 Å². The van der Waals surface area contributed by atoms with Crippen LogP contribution in [0.4, 0.5) is 8.78 Å². The Labute approximate surface area is 103 Å². The average molecular weight is 248 g/mol. The first kappa shape index (κ1) is 12.2. The molecule has 0 spiro atoms. The molecule has 2 nitrogen and oxygen atoms in total. The van der Waals surface area contributed by atoms with Crippen LogP contribution in [0.3, 0.4) is 0 Å². The number of hydrogen-bond acceptors (Lipinski definition) is 1. The van der Waals surface area contributed by atoms with E-state index >= 15 is 0 Å². The summed E-state index contributed by atoms with van der Waals surface area (Å²) in [5.41, 5.74) is 1.13. The van der Waals surface area contributed by atoms with Gasteiger partial charge in [0.1, 0.15) is 11.6 Å². The molecular formula is C14H10F2O2. The zero-order valence-corrected chi connectivity index (χ0v) is 9.58. The smallest absolute Gasteiger partial charge is 0.336 e. The fourth-order valence-corrected chi connectivity index (χ4v) is 1.90. The number of aromatic carboxylic acids is 1. The van der Waals surface area contributed by atoms with E-state index in [4.69, 9.17) is 5.11 Å². The van der Waals surface area contributed by atoms with Gasteiger partial charge in [0.05, 0.1) is 5.56 Å². The van der Waals surface area contributed by atoms with E-state index in [2.05, 4.69) is 0 Å². The van der Waals surface area contributed by atoms with Crippen LogP contribution in [0.2, 0.25) is 0 Å². The molecule has 0 aliphatic rings. The second-order valence-corrected chi connectivity index (χ2v) is 3.96. The Morgan fingerprint density at radius 2 is 1.72 bits per heavy atom. The molecule has 0 atom stereocenters. The predicted molar refractivity (Wildman–Crippen MR) is 63.5 cm³/mol. The third-order valence-corrected chi connectivity index (χ3v) is 2.66. The van der Waals surface area contributed by atoms with Crippen molar-refractivity contribution in [2.24, 2.45) is 0 Å². The molecule has 2 aromatic carbocycles. The van der Waals surface area contributed by atoms with Crippen LogP contribution in [0.15, 0.2) is 36.4 Å². The minimum absolute atomic E-state index is 0.0579. The molecule has 0 aliphatic heterocycles. The summed E-state index contributed by atoms with van der Waals surface area (Å²) >= 11 is 0. The van der Waals surface area contributed by atoms with Crippen LogP contribution in [-0.4, -0.2) is 11.1 Å². The Hall–Kier alpha value is -2.23. The number of benzene rings is 2. The van der Waals surface area contributed by atoms with Gasteiger partial charge in [0.2, 0.25) is 0 Å². The predicted octanol–water partition coefficient (Wildman–Crippen LogP) is 3.64.